The van der Waals surface area contributed by atoms with E-state index in [2.05, 4.69) is 5.32 Å². The molecule has 3 N–H and O–H groups in total. The van der Waals surface area contributed by atoms with Gasteiger partial charge in [-0.1, -0.05) is 0 Å². The van der Waals surface area contributed by atoms with Crippen molar-refractivity contribution in [2.45, 2.75) is 0 Å². The minimum Gasteiger partial charge on any atom is -0.478 e. The lowest BCUT2D eigenvalue weighted by Crippen LogP contribution is -2.34. The van der Waals surface area contributed by atoms with E-state index >= 15 is 0 Å². The number of benzene rings is 2. The van der Waals surface area contributed by atoms with Crippen LogP contribution in [0.5, 0.6) is 0 Å². The molecular formula is C19H12N2O8. The lowest BCUT2D eigenvalue weighted by Gasteiger charge is -2.14. The van der Waals surface area contributed by atoms with Gasteiger partial charge in [0.1, 0.15) is 0 Å². The van der Waals surface area contributed by atoms with E-state index in [4.69, 9.17) is 10.2 Å². The normalized spacial score (nSPS) is 16.1. The molecule has 10 nitrogen and oxygen atoms in total. The number of imide groups is 1. The van der Waals surface area contributed by atoms with Gasteiger partial charge in [0.25, 0.3) is 5.91 Å². The number of carbonyl (C=O) groups excluding carboxylic acids is 4. The first-order valence-electron chi connectivity index (χ1n) is 8.10. The van der Waals surface area contributed by atoms with Crippen molar-refractivity contribution in [2.24, 2.45) is 5.92 Å². The quantitative estimate of drug-likeness (QED) is 0.380. The number of rotatable bonds is 5. The summed E-state index contributed by atoms with van der Waals surface area (Å²) in [5.41, 5.74) is -0.0165. The summed E-state index contributed by atoms with van der Waals surface area (Å²) in [6.07, 6.45) is 0. The van der Waals surface area contributed by atoms with E-state index in [1.165, 1.54) is 36.4 Å². The Hall–Kier alpha value is -4.34. The predicted molar refractivity (Wildman–Crippen MR) is 96.4 cm³/mol. The average Bonchev–Trinajstić information content (AvgIpc) is 2.91. The van der Waals surface area contributed by atoms with Gasteiger partial charge in [0.2, 0.25) is 11.7 Å². The Morgan fingerprint density at radius 1 is 0.793 bits per heavy atom. The van der Waals surface area contributed by atoms with E-state index in [0.29, 0.717) is 4.90 Å². The molecule has 0 unspecified atom stereocenters. The third kappa shape index (κ3) is 3.58. The monoisotopic (exact) mass is 396 g/mol. The number of nitrogens with one attached hydrogen (secondary N) is 1. The van der Waals surface area contributed by atoms with Crippen molar-refractivity contribution in [2.75, 3.05) is 10.2 Å². The van der Waals surface area contributed by atoms with Gasteiger partial charge in [0.05, 0.1) is 16.8 Å². The molecular weight excluding hydrogens is 384 g/mol. The zero-order chi connectivity index (χ0) is 21.3. The van der Waals surface area contributed by atoms with E-state index in [9.17, 15) is 28.8 Å². The van der Waals surface area contributed by atoms with Crippen LogP contribution in [0.4, 0.5) is 11.4 Å². The Bertz CT molecular complexity index is 1060. The van der Waals surface area contributed by atoms with Gasteiger partial charge < -0.3 is 15.5 Å². The fourth-order valence-electron chi connectivity index (χ4n) is 2.71. The van der Waals surface area contributed by atoms with Crippen LogP contribution in [0.2, 0.25) is 0 Å². The molecule has 1 saturated heterocycles. The van der Waals surface area contributed by atoms with Crippen LogP contribution in [-0.2, 0) is 19.2 Å². The van der Waals surface area contributed by atoms with Crippen molar-refractivity contribution in [3.05, 3.63) is 59.7 Å². The fraction of sp³-hybridized carbons (Fsp3) is 0.0526. The second-order valence-electron chi connectivity index (χ2n) is 6.00. The van der Waals surface area contributed by atoms with Crippen LogP contribution < -0.4 is 10.2 Å². The molecule has 0 spiro atoms. The second-order valence-corrected chi connectivity index (χ2v) is 6.00. The molecule has 3 rings (SSSR count). The summed E-state index contributed by atoms with van der Waals surface area (Å²) < 4.78 is 0. The molecule has 1 heterocycles. The van der Waals surface area contributed by atoms with Crippen molar-refractivity contribution in [1.82, 2.24) is 0 Å². The summed E-state index contributed by atoms with van der Waals surface area (Å²) >= 11 is 0. The Balaban J connectivity index is 1.81. The summed E-state index contributed by atoms with van der Waals surface area (Å²) in [6, 6.07) is 9.65. The van der Waals surface area contributed by atoms with Crippen LogP contribution in [0.25, 0.3) is 0 Å². The lowest BCUT2D eigenvalue weighted by atomic mass is 10.1. The molecule has 10 heteroatoms. The number of carboxylic acid groups (broad SMARTS) is 2. The summed E-state index contributed by atoms with van der Waals surface area (Å²) in [5.74, 6) is -8.82. The van der Waals surface area contributed by atoms with Crippen molar-refractivity contribution in [3.63, 3.8) is 0 Å². The van der Waals surface area contributed by atoms with E-state index in [1.807, 2.05) is 0 Å². The van der Waals surface area contributed by atoms with Gasteiger partial charge in [-0.3, -0.25) is 19.2 Å². The molecule has 29 heavy (non-hydrogen) atoms. The molecule has 1 aliphatic heterocycles. The standard InChI is InChI=1S/C19H12N2O8/c22-14-13(15(23)20-11-5-1-9(2-6-11)18(26)27)16(24)21(17(14)25)12-7-3-10(4-8-12)19(28)29/h1-8,13H,(H,20,23)(H,26,27)(H,28,29)/t13-/m1/s1. The van der Waals surface area contributed by atoms with E-state index in [-0.39, 0.29) is 22.5 Å². The molecule has 0 aliphatic carbocycles. The van der Waals surface area contributed by atoms with E-state index in [1.54, 1.807) is 0 Å². The molecule has 146 valence electrons. The number of hydrogen-bond acceptors (Lipinski definition) is 6. The van der Waals surface area contributed by atoms with Crippen LogP contribution >= 0.6 is 0 Å². The first-order valence-corrected chi connectivity index (χ1v) is 8.10. The van der Waals surface area contributed by atoms with Gasteiger partial charge >= 0.3 is 17.8 Å². The highest BCUT2D eigenvalue weighted by atomic mass is 16.4. The van der Waals surface area contributed by atoms with Crippen LogP contribution in [0.1, 0.15) is 20.7 Å². The topological polar surface area (TPSA) is 158 Å². The first-order chi connectivity index (χ1) is 13.7. The molecule has 1 fully saturated rings. The Labute approximate surface area is 162 Å². The SMILES string of the molecule is O=C(O)c1ccc(NC(=O)[C@H]2C(=O)C(=O)N(c3ccc(C(=O)O)cc3)C2=O)cc1. The highest BCUT2D eigenvalue weighted by Crippen LogP contribution is 2.26. The minimum absolute atomic E-state index is 0.0258. The highest BCUT2D eigenvalue weighted by molar-refractivity contribution is 6.59. The van der Waals surface area contributed by atoms with Crippen molar-refractivity contribution >= 4 is 46.8 Å². The van der Waals surface area contributed by atoms with Gasteiger partial charge in [-0.05, 0) is 48.5 Å². The zero-order valence-electron chi connectivity index (χ0n) is 14.5. The van der Waals surface area contributed by atoms with Crippen molar-refractivity contribution in [1.29, 1.82) is 0 Å². The Morgan fingerprint density at radius 2 is 1.28 bits per heavy atom. The Kier molecular flexibility index (Phi) is 4.92. The number of Topliss-reactive ketones (excluding diaryl/α,β-unsaturated/α-hetero) is 1. The lowest BCUT2D eigenvalue weighted by molar-refractivity contribution is -0.139. The summed E-state index contributed by atoms with van der Waals surface area (Å²) in [7, 11) is 0. The molecule has 0 radical (unpaired) electrons. The molecule has 1 aliphatic rings. The van der Waals surface area contributed by atoms with Crippen LogP contribution in [0.3, 0.4) is 0 Å². The molecule has 3 amide bonds. The smallest absolute Gasteiger partial charge is 0.335 e. The third-order valence-corrected chi connectivity index (χ3v) is 4.18. The molecule has 0 saturated carbocycles. The average molecular weight is 396 g/mol. The number of anilines is 2. The molecule has 0 aromatic heterocycles. The van der Waals surface area contributed by atoms with Crippen molar-refractivity contribution in [3.8, 4) is 0 Å². The molecule has 0 bridgehead atoms. The fourth-order valence-corrected chi connectivity index (χ4v) is 2.71. The van der Waals surface area contributed by atoms with Crippen LogP contribution in [-0.4, -0.2) is 45.7 Å². The third-order valence-electron chi connectivity index (χ3n) is 4.18. The zero-order valence-corrected chi connectivity index (χ0v) is 14.5. The maximum Gasteiger partial charge on any atom is 0.335 e. The summed E-state index contributed by atoms with van der Waals surface area (Å²) in [5, 5.41) is 20.1. The largest absolute Gasteiger partial charge is 0.478 e. The minimum atomic E-state index is -1.90. The number of hydrogen-bond donors (Lipinski definition) is 3. The summed E-state index contributed by atoms with van der Waals surface area (Å²) in [6.45, 7) is 0. The van der Waals surface area contributed by atoms with E-state index in [0.717, 1.165) is 12.1 Å². The number of ketones is 1. The van der Waals surface area contributed by atoms with Gasteiger partial charge in [-0.2, -0.15) is 0 Å². The van der Waals surface area contributed by atoms with Crippen molar-refractivity contribution < 1.29 is 39.0 Å². The van der Waals surface area contributed by atoms with Gasteiger partial charge in [0, 0.05) is 5.69 Å². The number of amides is 3. The highest BCUT2D eigenvalue weighted by Gasteiger charge is 2.51. The maximum absolute atomic E-state index is 12.6. The Morgan fingerprint density at radius 3 is 1.76 bits per heavy atom. The molecule has 2 aromatic carbocycles. The number of nitrogens with zero attached hydrogens (tertiary/aromatic N) is 1. The number of carboxylic acids is 2. The van der Waals surface area contributed by atoms with Gasteiger partial charge in [-0.15, -0.1) is 0 Å². The maximum atomic E-state index is 12.6. The number of carbonyl (C=O) groups is 6. The first kappa shape index (κ1) is 19.4. The second kappa shape index (κ2) is 7.35. The molecule has 2 aromatic rings. The summed E-state index contributed by atoms with van der Waals surface area (Å²) in [4.78, 5) is 71.6. The van der Waals surface area contributed by atoms with Crippen LogP contribution in [0, 0.1) is 5.92 Å². The van der Waals surface area contributed by atoms with Gasteiger partial charge in [0.15, 0.2) is 5.92 Å². The predicted octanol–water partition coefficient (Wildman–Crippen LogP) is 0.780. The number of aromatic carboxylic acids is 2. The van der Waals surface area contributed by atoms with Gasteiger partial charge in [-0.25, -0.2) is 14.5 Å². The molecule has 1 atom stereocenters. The van der Waals surface area contributed by atoms with Crippen LogP contribution in [0.15, 0.2) is 48.5 Å². The van der Waals surface area contributed by atoms with E-state index < -0.39 is 41.4 Å².